The van der Waals surface area contributed by atoms with Crippen molar-refractivity contribution in [2.24, 2.45) is 0 Å². The molecule has 3 aromatic carbocycles. The van der Waals surface area contributed by atoms with Crippen LogP contribution >= 0.6 is 0 Å². The lowest BCUT2D eigenvalue weighted by Gasteiger charge is -2.09. The first-order valence-corrected chi connectivity index (χ1v) is 7.84. The van der Waals surface area contributed by atoms with Gasteiger partial charge in [-0.3, -0.25) is 9.59 Å². The van der Waals surface area contributed by atoms with E-state index in [1.807, 2.05) is 30.3 Å². The van der Waals surface area contributed by atoms with Crippen molar-refractivity contribution in [2.45, 2.75) is 0 Å². The van der Waals surface area contributed by atoms with Gasteiger partial charge in [0.2, 0.25) is 5.43 Å². The van der Waals surface area contributed by atoms with Crippen LogP contribution in [-0.2, 0) is 0 Å². The van der Waals surface area contributed by atoms with E-state index < -0.39 is 23.0 Å². The molecule has 0 aliphatic rings. The third-order valence-corrected chi connectivity index (χ3v) is 4.18. The molecule has 0 aliphatic carbocycles. The number of amides is 1. The first-order valence-electron chi connectivity index (χ1n) is 7.84. The van der Waals surface area contributed by atoms with E-state index in [0.717, 1.165) is 23.0 Å². The van der Waals surface area contributed by atoms with E-state index in [0.29, 0.717) is 11.8 Å². The van der Waals surface area contributed by atoms with Crippen molar-refractivity contribution in [3.05, 3.63) is 88.2 Å². The number of rotatable bonds is 2. The topological polar surface area (TPSA) is 62.0 Å². The largest absolute Gasteiger partial charge is 0.360 e. The summed E-state index contributed by atoms with van der Waals surface area (Å²) < 4.78 is 27.3. The Labute approximate surface area is 146 Å². The first-order chi connectivity index (χ1) is 12.5. The number of H-pyrrole nitrogens is 1. The summed E-state index contributed by atoms with van der Waals surface area (Å²) in [6, 6.07) is 14.5. The molecule has 0 fully saturated rings. The quantitative estimate of drug-likeness (QED) is 0.569. The Kier molecular flexibility index (Phi) is 3.73. The van der Waals surface area contributed by atoms with E-state index in [1.165, 1.54) is 0 Å². The molecule has 4 aromatic rings. The molecular weight excluding hydrogens is 338 g/mol. The Hall–Kier alpha value is -3.54. The van der Waals surface area contributed by atoms with Gasteiger partial charge < -0.3 is 10.3 Å². The van der Waals surface area contributed by atoms with Crippen LogP contribution in [0, 0.1) is 11.6 Å². The molecule has 0 atom stereocenters. The van der Waals surface area contributed by atoms with E-state index in [9.17, 15) is 18.4 Å². The minimum atomic E-state index is -1.01. The fourth-order valence-corrected chi connectivity index (χ4v) is 2.96. The van der Waals surface area contributed by atoms with Crippen molar-refractivity contribution in [1.29, 1.82) is 0 Å². The summed E-state index contributed by atoms with van der Waals surface area (Å²) in [4.78, 5) is 27.7. The maximum atomic E-state index is 14.0. The SMILES string of the molecule is O=C(Nc1cccc2ccccc12)c1c[nH]c2cc(F)cc(F)c2c1=O. The van der Waals surface area contributed by atoms with Gasteiger partial charge in [0.25, 0.3) is 5.91 Å². The molecule has 1 heterocycles. The summed E-state index contributed by atoms with van der Waals surface area (Å²) in [5.41, 5.74) is -0.522. The van der Waals surface area contributed by atoms with Gasteiger partial charge in [-0.25, -0.2) is 8.78 Å². The van der Waals surface area contributed by atoms with Crippen molar-refractivity contribution in [1.82, 2.24) is 4.98 Å². The van der Waals surface area contributed by atoms with Gasteiger partial charge in [0, 0.05) is 23.3 Å². The Morgan fingerprint density at radius 1 is 1.00 bits per heavy atom. The molecule has 26 heavy (non-hydrogen) atoms. The van der Waals surface area contributed by atoms with Gasteiger partial charge >= 0.3 is 0 Å². The molecule has 1 aromatic heterocycles. The van der Waals surface area contributed by atoms with Crippen LogP contribution < -0.4 is 10.7 Å². The predicted octanol–water partition coefficient (Wildman–Crippen LogP) is 4.21. The van der Waals surface area contributed by atoms with Gasteiger partial charge in [-0.05, 0) is 17.5 Å². The second kappa shape index (κ2) is 6.07. The van der Waals surface area contributed by atoms with Gasteiger partial charge in [-0.1, -0.05) is 36.4 Å². The maximum Gasteiger partial charge on any atom is 0.261 e. The second-order valence-corrected chi connectivity index (χ2v) is 5.82. The number of benzene rings is 3. The molecule has 0 unspecified atom stereocenters. The molecule has 2 N–H and O–H groups in total. The summed E-state index contributed by atoms with van der Waals surface area (Å²) >= 11 is 0. The van der Waals surface area contributed by atoms with E-state index in [4.69, 9.17) is 0 Å². The third kappa shape index (κ3) is 2.61. The van der Waals surface area contributed by atoms with E-state index in [2.05, 4.69) is 10.3 Å². The van der Waals surface area contributed by atoms with Crippen LogP contribution in [0.2, 0.25) is 0 Å². The summed E-state index contributed by atoms with van der Waals surface area (Å²) in [5, 5.41) is 4.08. The van der Waals surface area contributed by atoms with Crippen LogP contribution in [0.25, 0.3) is 21.7 Å². The molecule has 0 saturated heterocycles. The van der Waals surface area contributed by atoms with Crippen LogP contribution in [0.1, 0.15) is 10.4 Å². The average molecular weight is 350 g/mol. The Bertz CT molecular complexity index is 1230. The van der Waals surface area contributed by atoms with Gasteiger partial charge in [0.15, 0.2) is 0 Å². The van der Waals surface area contributed by atoms with Crippen LogP contribution in [0.15, 0.2) is 65.6 Å². The zero-order valence-corrected chi connectivity index (χ0v) is 13.3. The van der Waals surface area contributed by atoms with Crippen molar-refractivity contribution >= 4 is 33.3 Å². The van der Waals surface area contributed by atoms with E-state index in [-0.39, 0.29) is 16.5 Å². The number of pyridine rings is 1. The second-order valence-electron chi connectivity index (χ2n) is 5.82. The number of hydrogen-bond acceptors (Lipinski definition) is 2. The molecule has 0 saturated carbocycles. The molecule has 4 nitrogen and oxygen atoms in total. The van der Waals surface area contributed by atoms with Crippen molar-refractivity contribution in [3.8, 4) is 0 Å². The van der Waals surface area contributed by atoms with Crippen LogP contribution in [0.4, 0.5) is 14.5 Å². The zero-order chi connectivity index (χ0) is 18.3. The highest BCUT2D eigenvalue weighted by Crippen LogP contribution is 2.23. The highest BCUT2D eigenvalue weighted by molar-refractivity contribution is 6.10. The van der Waals surface area contributed by atoms with Gasteiger partial charge in [-0.15, -0.1) is 0 Å². The number of halogens is 2. The number of fused-ring (bicyclic) bond motifs is 2. The van der Waals surface area contributed by atoms with Crippen molar-refractivity contribution < 1.29 is 13.6 Å². The van der Waals surface area contributed by atoms with Gasteiger partial charge in [0.05, 0.1) is 10.9 Å². The molecule has 4 rings (SSSR count). The number of aromatic nitrogens is 1. The normalized spacial score (nSPS) is 11.0. The standard InChI is InChI=1S/C20H12F2N2O2/c21-12-8-15(22)18-17(9-12)23-10-14(19(18)25)20(26)24-16-7-3-5-11-4-1-2-6-13(11)16/h1-10H,(H,23,25)(H,24,26). The van der Waals surface area contributed by atoms with Crippen molar-refractivity contribution in [2.75, 3.05) is 5.32 Å². The predicted molar refractivity (Wildman–Crippen MR) is 96.4 cm³/mol. The Morgan fingerprint density at radius 3 is 2.62 bits per heavy atom. The average Bonchev–Trinajstić information content (AvgIpc) is 2.61. The number of nitrogens with one attached hydrogen (secondary N) is 2. The summed E-state index contributed by atoms with van der Waals surface area (Å²) in [5.74, 6) is -2.49. The number of carbonyl (C=O) groups is 1. The summed E-state index contributed by atoms with van der Waals surface area (Å²) in [6.07, 6.45) is 1.16. The number of hydrogen-bond donors (Lipinski definition) is 2. The van der Waals surface area contributed by atoms with Crippen LogP contribution in [0.5, 0.6) is 0 Å². The molecular formula is C20H12F2N2O2. The van der Waals surface area contributed by atoms with E-state index in [1.54, 1.807) is 12.1 Å². The number of aromatic amines is 1. The summed E-state index contributed by atoms with van der Waals surface area (Å²) in [6.45, 7) is 0. The molecule has 0 radical (unpaired) electrons. The minimum absolute atomic E-state index is 0.00536. The third-order valence-electron chi connectivity index (χ3n) is 4.18. The monoisotopic (exact) mass is 350 g/mol. The van der Waals surface area contributed by atoms with E-state index >= 15 is 0 Å². The lowest BCUT2D eigenvalue weighted by atomic mass is 10.1. The van der Waals surface area contributed by atoms with Gasteiger partial charge in [-0.2, -0.15) is 0 Å². The minimum Gasteiger partial charge on any atom is -0.360 e. The molecule has 128 valence electrons. The molecule has 0 aliphatic heterocycles. The number of carbonyl (C=O) groups excluding carboxylic acids is 1. The highest BCUT2D eigenvalue weighted by Gasteiger charge is 2.17. The maximum absolute atomic E-state index is 14.0. The Morgan fingerprint density at radius 2 is 1.77 bits per heavy atom. The fraction of sp³-hybridized carbons (Fsp3) is 0. The molecule has 6 heteroatoms. The summed E-state index contributed by atoms with van der Waals surface area (Å²) in [7, 11) is 0. The molecule has 1 amide bonds. The lowest BCUT2D eigenvalue weighted by molar-refractivity contribution is 0.102. The molecule has 0 bridgehead atoms. The highest BCUT2D eigenvalue weighted by atomic mass is 19.1. The lowest BCUT2D eigenvalue weighted by Crippen LogP contribution is -2.22. The smallest absolute Gasteiger partial charge is 0.261 e. The zero-order valence-electron chi connectivity index (χ0n) is 13.3. The van der Waals surface area contributed by atoms with Gasteiger partial charge in [0.1, 0.15) is 17.2 Å². The fourth-order valence-electron chi connectivity index (χ4n) is 2.96. The molecule has 0 spiro atoms. The Balaban J connectivity index is 1.79. The van der Waals surface area contributed by atoms with Crippen LogP contribution in [-0.4, -0.2) is 10.9 Å². The first kappa shape index (κ1) is 16.0. The van der Waals surface area contributed by atoms with Crippen molar-refractivity contribution in [3.63, 3.8) is 0 Å². The number of anilines is 1. The van der Waals surface area contributed by atoms with Crippen LogP contribution in [0.3, 0.4) is 0 Å².